The molecule has 0 fully saturated rings. The van der Waals surface area contributed by atoms with Crippen LogP contribution in [0.25, 0.3) is 22.3 Å². The normalized spacial score (nSPS) is 11.2. The quantitative estimate of drug-likeness (QED) is 0.516. The largest absolute Gasteiger partial charge is 0.491 e. The summed E-state index contributed by atoms with van der Waals surface area (Å²) in [6, 6.07) is 20.7. The minimum Gasteiger partial charge on any atom is -0.491 e. The Kier molecular flexibility index (Phi) is 4.88. The van der Waals surface area contributed by atoms with E-state index in [4.69, 9.17) is 4.74 Å². The van der Waals surface area contributed by atoms with Gasteiger partial charge < -0.3 is 9.72 Å². The van der Waals surface area contributed by atoms with Crippen molar-refractivity contribution in [2.75, 3.05) is 0 Å². The summed E-state index contributed by atoms with van der Waals surface area (Å²) in [6.45, 7) is 4.07. The van der Waals surface area contributed by atoms with E-state index in [-0.39, 0.29) is 6.10 Å². The predicted molar refractivity (Wildman–Crippen MR) is 109 cm³/mol. The molecule has 0 spiro atoms. The maximum Gasteiger partial charge on any atom is 0.177 e. The van der Waals surface area contributed by atoms with E-state index in [2.05, 4.69) is 45.3 Å². The number of imidazole rings is 1. The number of nitrogens with zero attached hydrogens (tertiary/aromatic N) is 2. The Hall–Kier alpha value is -3.14. The molecule has 0 amide bonds. The number of rotatable bonds is 6. The van der Waals surface area contributed by atoms with Crippen LogP contribution in [0.4, 0.5) is 0 Å². The van der Waals surface area contributed by atoms with Crippen molar-refractivity contribution in [3.8, 4) is 16.9 Å². The minimum atomic E-state index is 0.194. The van der Waals surface area contributed by atoms with E-state index in [1.807, 2.05) is 50.4 Å². The Morgan fingerprint density at radius 2 is 1.70 bits per heavy atom. The zero-order valence-electron chi connectivity index (χ0n) is 15.6. The molecule has 2 aromatic heterocycles. The Morgan fingerprint density at radius 3 is 2.44 bits per heavy atom. The second-order valence-corrected chi connectivity index (χ2v) is 6.96. The molecule has 1 N–H and O–H groups in total. The van der Waals surface area contributed by atoms with E-state index >= 15 is 0 Å². The first-order valence-electron chi connectivity index (χ1n) is 9.33. The fraction of sp³-hybridized carbons (Fsp3) is 0.217. The summed E-state index contributed by atoms with van der Waals surface area (Å²) in [5.41, 5.74) is 5.27. The lowest BCUT2D eigenvalue weighted by atomic mass is 10.1. The highest BCUT2D eigenvalue weighted by molar-refractivity contribution is 5.78. The van der Waals surface area contributed by atoms with Gasteiger partial charge in [-0.2, -0.15) is 0 Å². The van der Waals surface area contributed by atoms with E-state index in [0.29, 0.717) is 0 Å². The molecule has 0 aliphatic rings. The molecule has 2 aromatic carbocycles. The summed E-state index contributed by atoms with van der Waals surface area (Å²) >= 11 is 0. The third-order valence-electron chi connectivity index (χ3n) is 4.44. The Morgan fingerprint density at radius 1 is 0.926 bits per heavy atom. The van der Waals surface area contributed by atoms with Gasteiger partial charge in [-0.1, -0.05) is 42.5 Å². The van der Waals surface area contributed by atoms with Crippen LogP contribution in [0.1, 0.15) is 25.2 Å². The summed E-state index contributed by atoms with van der Waals surface area (Å²) in [4.78, 5) is 12.6. The Bertz CT molecular complexity index is 1020. The molecule has 0 aliphatic carbocycles. The summed E-state index contributed by atoms with van der Waals surface area (Å²) < 4.78 is 5.69. The molecule has 136 valence electrons. The van der Waals surface area contributed by atoms with Crippen LogP contribution in [-0.2, 0) is 12.8 Å². The topological polar surface area (TPSA) is 50.8 Å². The molecule has 4 nitrogen and oxygen atoms in total. The van der Waals surface area contributed by atoms with Crippen molar-refractivity contribution in [1.82, 2.24) is 15.0 Å². The van der Waals surface area contributed by atoms with E-state index < -0.39 is 0 Å². The average Bonchev–Trinajstić information content (AvgIpc) is 3.10. The molecule has 4 rings (SSSR count). The molecule has 2 heterocycles. The Balaban J connectivity index is 1.46. The third kappa shape index (κ3) is 4.17. The van der Waals surface area contributed by atoms with E-state index in [1.54, 1.807) is 0 Å². The molecule has 0 bridgehead atoms. The summed E-state index contributed by atoms with van der Waals surface area (Å²) in [5, 5.41) is 0. The van der Waals surface area contributed by atoms with Gasteiger partial charge in [-0.05, 0) is 49.6 Å². The van der Waals surface area contributed by atoms with Crippen molar-refractivity contribution in [2.45, 2.75) is 32.8 Å². The van der Waals surface area contributed by atoms with Gasteiger partial charge in [0, 0.05) is 18.2 Å². The van der Waals surface area contributed by atoms with Crippen molar-refractivity contribution in [1.29, 1.82) is 0 Å². The maximum atomic E-state index is 5.69. The highest BCUT2D eigenvalue weighted by atomic mass is 16.5. The molecule has 0 unspecified atom stereocenters. The van der Waals surface area contributed by atoms with Gasteiger partial charge in [0.05, 0.1) is 11.6 Å². The van der Waals surface area contributed by atoms with Gasteiger partial charge in [-0.25, -0.2) is 9.97 Å². The fourth-order valence-electron chi connectivity index (χ4n) is 3.13. The smallest absolute Gasteiger partial charge is 0.177 e. The summed E-state index contributed by atoms with van der Waals surface area (Å²) in [6.07, 6.45) is 3.85. The molecule has 4 aromatic rings. The molecular formula is C23H23N3O. The van der Waals surface area contributed by atoms with Crippen molar-refractivity contribution >= 4 is 11.2 Å². The molecule has 0 aliphatic heterocycles. The monoisotopic (exact) mass is 357 g/mol. The van der Waals surface area contributed by atoms with E-state index in [1.165, 1.54) is 5.56 Å². The van der Waals surface area contributed by atoms with Gasteiger partial charge >= 0.3 is 0 Å². The first-order valence-corrected chi connectivity index (χ1v) is 9.33. The van der Waals surface area contributed by atoms with E-state index in [0.717, 1.165) is 46.7 Å². The van der Waals surface area contributed by atoms with Gasteiger partial charge in [-0.15, -0.1) is 0 Å². The number of hydrogen-bond donors (Lipinski definition) is 1. The number of hydrogen-bond acceptors (Lipinski definition) is 3. The van der Waals surface area contributed by atoms with Crippen LogP contribution in [0.3, 0.4) is 0 Å². The van der Waals surface area contributed by atoms with Crippen LogP contribution in [0, 0.1) is 0 Å². The zero-order valence-corrected chi connectivity index (χ0v) is 15.6. The van der Waals surface area contributed by atoms with Crippen LogP contribution in [0.5, 0.6) is 5.75 Å². The second kappa shape index (κ2) is 7.62. The van der Waals surface area contributed by atoms with Gasteiger partial charge in [0.1, 0.15) is 11.6 Å². The van der Waals surface area contributed by atoms with Crippen LogP contribution in [-0.4, -0.2) is 21.1 Å². The summed E-state index contributed by atoms with van der Waals surface area (Å²) in [7, 11) is 0. The van der Waals surface area contributed by atoms with Crippen molar-refractivity contribution in [3.05, 3.63) is 78.2 Å². The molecule has 0 saturated carbocycles. The van der Waals surface area contributed by atoms with Gasteiger partial charge in [-0.3, -0.25) is 0 Å². The van der Waals surface area contributed by atoms with Crippen LogP contribution in [0.15, 0.2) is 66.9 Å². The van der Waals surface area contributed by atoms with Crippen LogP contribution in [0.2, 0.25) is 0 Å². The maximum absolute atomic E-state index is 5.69. The molecule has 0 atom stereocenters. The van der Waals surface area contributed by atoms with Gasteiger partial charge in [0.2, 0.25) is 0 Å². The second-order valence-electron chi connectivity index (χ2n) is 6.96. The number of H-pyrrole nitrogens is 1. The highest BCUT2D eigenvalue weighted by Gasteiger charge is 2.07. The number of aryl methyl sites for hydroxylation is 2. The van der Waals surface area contributed by atoms with Gasteiger partial charge in [0.15, 0.2) is 5.65 Å². The minimum absolute atomic E-state index is 0.194. The van der Waals surface area contributed by atoms with Crippen molar-refractivity contribution in [3.63, 3.8) is 0 Å². The number of aromatic nitrogens is 3. The van der Waals surface area contributed by atoms with Crippen LogP contribution >= 0.6 is 0 Å². The number of aromatic amines is 1. The first-order chi connectivity index (χ1) is 13.2. The number of ether oxygens (including phenoxy) is 1. The predicted octanol–water partition coefficient (Wildman–Crippen LogP) is 5.20. The zero-order chi connectivity index (χ0) is 18.6. The lowest BCUT2D eigenvalue weighted by molar-refractivity contribution is 0.242. The number of pyridine rings is 1. The van der Waals surface area contributed by atoms with Gasteiger partial charge in [0.25, 0.3) is 0 Å². The molecule has 27 heavy (non-hydrogen) atoms. The number of benzene rings is 2. The summed E-state index contributed by atoms with van der Waals surface area (Å²) in [5.74, 6) is 1.88. The van der Waals surface area contributed by atoms with Crippen molar-refractivity contribution in [2.24, 2.45) is 0 Å². The lowest BCUT2D eigenvalue weighted by Gasteiger charge is -2.09. The third-order valence-corrected chi connectivity index (χ3v) is 4.44. The van der Waals surface area contributed by atoms with Crippen molar-refractivity contribution < 1.29 is 4.74 Å². The highest BCUT2D eigenvalue weighted by Crippen LogP contribution is 2.22. The number of nitrogens with one attached hydrogen (secondary N) is 1. The Labute approximate surface area is 159 Å². The first kappa shape index (κ1) is 17.3. The van der Waals surface area contributed by atoms with Crippen LogP contribution < -0.4 is 4.74 Å². The molecule has 0 radical (unpaired) electrons. The number of fused-ring (bicyclic) bond motifs is 1. The van der Waals surface area contributed by atoms with E-state index in [9.17, 15) is 0 Å². The lowest BCUT2D eigenvalue weighted by Crippen LogP contribution is -2.05. The standard InChI is InChI=1S/C23H23N3O/c1-16(2)27-20-11-8-17(9-12-20)10-13-22-25-21-14-19(15-24-23(21)26-22)18-6-4-3-5-7-18/h3-9,11-12,14-16H,10,13H2,1-2H3,(H,24,25,26). The molecule has 0 saturated heterocycles. The average molecular weight is 357 g/mol. The SMILES string of the molecule is CC(C)Oc1ccc(CCc2nc3ncc(-c4ccccc4)cc3[nH]2)cc1. The fourth-order valence-corrected chi connectivity index (χ4v) is 3.13. The molecule has 4 heteroatoms. The molecular weight excluding hydrogens is 334 g/mol.